The quantitative estimate of drug-likeness (QED) is 0.531. The molecule has 148 valence electrons. The molecule has 29 heavy (non-hydrogen) atoms. The molecule has 0 aromatic heterocycles. The molecule has 1 amide bonds. The third kappa shape index (κ3) is 5.06. The van der Waals surface area contributed by atoms with Gasteiger partial charge in [-0.25, -0.2) is 4.79 Å². The Kier molecular flexibility index (Phi) is 7.09. The fourth-order valence-electron chi connectivity index (χ4n) is 3.33. The average molecular weight is 406 g/mol. The number of amides is 1. The number of rotatable bonds is 8. The first-order valence-electron chi connectivity index (χ1n) is 9.45. The molecule has 0 aliphatic rings. The van der Waals surface area contributed by atoms with Crippen molar-refractivity contribution in [3.05, 3.63) is 96.1 Å². The number of nitrogens with zero attached hydrogens (tertiary/aromatic N) is 1. The van der Waals surface area contributed by atoms with Gasteiger partial charge >= 0.3 is 5.97 Å². The second-order valence-electron chi connectivity index (χ2n) is 6.70. The van der Waals surface area contributed by atoms with E-state index < -0.39 is 12.0 Å². The number of carboxylic acids is 1. The first-order chi connectivity index (χ1) is 14.1. The van der Waals surface area contributed by atoms with Crippen molar-refractivity contribution in [1.82, 2.24) is 4.90 Å². The Hall–Kier alpha value is -3.05. The molecule has 0 unspecified atom stereocenters. The molecule has 1 atom stereocenters. The van der Waals surface area contributed by atoms with E-state index in [9.17, 15) is 14.7 Å². The highest BCUT2D eigenvalue weighted by Crippen LogP contribution is 2.26. The number of thiol groups is 1. The standard InChI is InChI=1S/C24H23NO3S/c26-23(21-14-8-7-13-20(21)19-11-5-2-6-12-19)25(22(15-16-29)24(27)28)17-18-9-3-1-4-10-18/h1-14,22,29H,15-17H2,(H,27,28)/t22-/m0/s1. The van der Waals surface area contributed by atoms with Gasteiger partial charge in [0.25, 0.3) is 5.91 Å². The minimum absolute atomic E-state index is 0.216. The van der Waals surface area contributed by atoms with Gasteiger partial charge in [0.1, 0.15) is 6.04 Å². The second kappa shape index (κ2) is 9.94. The van der Waals surface area contributed by atoms with Gasteiger partial charge in [0.2, 0.25) is 0 Å². The zero-order chi connectivity index (χ0) is 20.6. The molecule has 0 aliphatic heterocycles. The normalized spacial score (nSPS) is 11.6. The van der Waals surface area contributed by atoms with Crippen molar-refractivity contribution >= 4 is 24.5 Å². The second-order valence-corrected chi connectivity index (χ2v) is 7.14. The molecule has 3 rings (SSSR count). The van der Waals surface area contributed by atoms with Crippen molar-refractivity contribution in [1.29, 1.82) is 0 Å². The zero-order valence-corrected chi connectivity index (χ0v) is 16.8. The first kappa shape index (κ1) is 20.7. The van der Waals surface area contributed by atoms with Crippen LogP contribution in [0.4, 0.5) is 0 Å². The number of carbonyl (C=O) groups excluding carboxylic acids is 1. The fraction of sp³-hybridized carbons (Fsp3) is 0.167. The van der Waals surface area contributed by atoms with Crippen LogP contribution in [-0.2, 0) is 11.3 Å². The van der Waals surface area contributed by atoms with Gasteiger partial charge in [-0.15, -0.1) is 0 Å². The molecule has 3 aromatic carbocycles. The van der Waals surface area contributed by atoms with Gasteiger partial charge in [-0.3, -0.25) is 4.79 Å². The maximum atomic E-state index is 13.6. The predicted molar refractivity (Wildman–Crippen MR) is 118 cm³/mol. The lowest BCUT2D eigenvalue weighted by Crippen LogP contribution is -2.45. The molecule has 5 heteroatoms. The Morgan fingerprint density at radius 2 is 1.45 bits per heavy atom. The van der Waals surface area contributed by atoms with E-state index in [-0.39, 0.29) is 18.9 Å². The molecule has 1 N–H and O–H groups in total. The molecule has 0 fully saturated rings. The van der Waals surface area contributed by atoms with Crippen molar-refractivity contribution in [3.8, 4) is 11.1 Å². The van der Waals surface area contributed by atoms with E-state index in [1.165, 1.54) is 4.90 Å². The predicted octanol–water partition coefficient (Wildman–Crippen LogP) is 4.77. The van der Waals surface area contributed by atoms with Crippen molar-refractivity contribution in [3.63, 3.8) is 0 Å². The van der Waals surface area contributed by atoms with Crippen LogP contribution in [0, 0.1) is 0 Å². The SMILES string of the molecule is O=C(O)[C@H](CCS)N(Cc1ccccc1)C(=O)c1ccccc1-c1ccccc1. The number of carboxylic acid groups (broad SMARTS) is 1. The topological polar surface area (TPSA) is 57.6 Å². The summed E-state index contributed by atoms with van der Waals surface area (Å²) in [6.45, 7) is 0.216. The summed E-state index contributed by atoms with van der Waals surface area (Å²) in [5, 5.41) is 9.81. The monoisotopic (exact) mass is 405 g/mol. The van der Waals surface area contributed by atoms with Crippen LogP contribution < -0.4 is 0 Å². The number of carbonyl (C=O) groups is 2. The molecule has 0 spiro atoms. The van der Waals surface area contributed by atoms with Crippen LogP contribution in [0.5, 0.6) is 0 Å². The molecule has 0 saturated carbocycles. The number of benzene rings is 3. The minimum atomic E-state index is -1.03. The summed E-state index contributed by atoms with van der Waals surface area (Å²) in [7, 11) is 0. The molecule has 0 saturated heterocycles. The summed E-state index contributed by atoms with van der Waals surface area (Å²) in [6, 6.07) is 25.4. The third-order valence-corrected chi connectivity index (χ3v) is 5.02. The van der Waals surface area contributed by atoms with E-state index in [0.29, 0.717) is 11.3 Å². The highest BCUT2D eigenvalue weighted by molar-refractivity contribution is 7.80. The summed E-state index contributed by atoms with van der Waals surface area (Å²) in [5.41, 5.74) is 3.06. The molecular weight excluding hydrogens is 382 g/mol. The molecule has 0 bridgehead atoms. The highest BCUT2D eigenvalue weighted by Gasteiger charge is 2.31. The van der Waals surface area contributed by atoms with Gasteiger partial charge in [0.15, 0.2) is 0 Å². The lowest BCUT2D eigenvalue weighted by atomic mass is 9.98. The van der Waals surface area contributed by atoms with Crippen LogP contribution in [-0.4, -0.2) is 33.7 Å². The summed E-state index contributed by atoms with van der Waals surface area (Å²) in [4.78, 5) is 27.0. The van der Waals surface area contributed by atoms with Crippen molar-refractivity contribution in [2.75, 3.05) is 5.75 Å². The van der Waals surface area contributed by atoms with E-state index in [2.05, 4.69) is 12.6 Å². The summed E-state index contributed by atoms with van der Waals surface area (Å²) in [5.74, 6) is -0.960. The van der Waals surface area contributed by atoms with Crippen molar-refractivity contribution < 1.29 is 14.7 Å². The Balaban J connectivity index is 2.04. The van der Waals surface area contributed by atoms with Gasteiger partial charge in [-0.05, 0) is 34.9 Å². The molecule has 0 heterocycles. The van der Waals surface area contributed by atoms with Gasteiger partial charge in [-0.1, -0.05) is 78.9 Å². The minimum Gasteiger partial charge on any atom is -0.480 e. The fourth-order valence-corrected chi connectivity index (χ4v) is 3.58. The molecule has 3 aromatic rings. The number of hydrogen-bond donors (Lipinski definition) is 2. The molecule has 4 nitrogen and oxygen atoms in total. The van der Waals surface area contributed by atoms with Crippen molar-refractivity contribution in [2.24, 2.45) is 0 Å². The van der Waals surface area contributed by atoms with E-state index in [1.807, 2.05) is 72.8 Å². The maximum absolute atomic E-state index is 13.6. The Morgan fingerprint density at radius 1 is 0.862 bits per heavy atom. The van der Waals surface area contributed by atoms with E-state index in [1.54, 1.807) is 12.1 Å². The Bertz CT molecular complexity index is 960. The van der Waals surface area contributed by atoms with Crippen LogP contribution >= 0.6 is 12.6 Å². The van der Waals surface area contributed by atoms with Gasteiger partial charge < -0.3 is 10.0 Å². The van der Waals surface area contributed by atoms with Crippen LogP contribution in [0.15, 0.2) is 84.9 Å². The van der Waals surface area contributed by atoms with Crippen LogP contribution in [0.2, 0.25) is 0 Å². The Morgan fingerprint density at radius 3 is 2.07 bits per heavy atom. The van der Waals surface area contributed by atoms with Crippen LogP contribution in [0.3, 0.4) is 0 Å². The maximum Gasteiger partial charge on any atom is 0.326 e. The van der Waals surface area contributed by atoms with Crippen LogP contribution in [0.1, 0.15) is 22.3 Å². The summed E-state index contributed by atoms with van der Waals surface area (Å²) in [6.07, 6.45) is 0.268. The Labute approximate surface area is 176 Å². The third-order valence-electron chi connectivity index (χ3n) is 4.76. The lowest BCUT2D eigenvalue weighted by molar-refractivity contribution is -0.142. The average Bonchev–Trinajstić information content (AvgIpc) is 2.77. The van der Waals surface area contributed by atoms with Gasteiger partial charge in [0, 0.05) is 12.1 Å². The van der Waals surface area contributed by atoms with E-state index in [0.717, 1.165) is 16.7 Å². The number of aliphatic carboxylic acids is 1. The van der Waals surface area contributed by atoms with Gasteiger partial charge in [-0.2, -0.15) is 12.6 Å². The first-order valence-corrected chi connectivity index (χ1v) is 10.1. The van der Waals surface area contributed by atoms with Crippen molar-refractivity contribution in [2.45, 2.75) is 19.0 Å². The van der Waals surface area contributed by atoms with E-state index >= 15 is 0 Å². The lowest BCUT2D eigenvalue weighted by Gasteiger charge is -2.30. The molecular formula is C24H23NO3S. The van der Waals surface area contributed by atoms with E-state index in [4.69, 9.17) is 0 Å². The number of hydrogen-bond acceptors (Lipinski definition) is 3. The molecule has 0 aliphatic carbocycles. The summed E-state index contributed by atoms with van der Waals surface area (Å²) < 4.78 is 0. The smallest absolute Gasteiger partial charge is 0.326 e. The van der Waals surface area contributed by atoms with Crippen LogP contribution in [0.25, 0.3) is 11.1 Å². The van der Waals surface area contributed by atoms with Gasteiger partial charge in [0.05, 0.1) is 0 Å². The zero-order valence-electron chi connectivity index (χ0n) is 15.9. The largest absolute Gasteiger partial charge is 0.480 e. The highest BCUT2D eigenvalue weighted by atomic mass is 32.1. The molecule has 0 radical (unpaired) electrons. The summed E-state index contributed by atoms with van der Waals surface area (Å²) >= 11 is 4.21.